The van der Waals surface area contributed by atoms with Gasteiger partial charge in [-0.3, -0.25) is 9.98 Å². The smallest absolute Gasteiger partial charge is 0.165 e. The molecule has 1 fully saturated rings. The number of amidine groups is 1. The molecule has 0 saturated carbocycles. The normalized spacial score (nSPS) is 27.6. The molecule has 2 aliphatic rings. The lowest BCUT2D eigenvalue weighted by Gasteiger charge is -2.43. The molecule has 0 aliphatic carbocycles. The quantitative estimate of drug-likeness (QED) is 0.515. The van der Waals surface area contributed by atoms with Crippen molar-refractivity contribution in [1.82, 2.24) is 14.5 Å². The number of aliphatic hydroxyl groups excluding tert-OH is 3. The van der Waals surface area contributed by atoms with Gasteiger partial charge in [-0.15, -0.1) is 0 Å². The summed E-state index contributed by atoms with van der Waals surface area (Å²) in [4.78, 5) is 6.27. The van der Waals surface area contributed by atoms with Gasteiger partial charge in [0.15, 0.2) is 12.1 Å². The van der Waals surface area contributed by atoms with Gasteiger partial charge in [0.25, 0.3) is 0 Å². The number of nitrogens with one attached hydrogen (secondary N) is 2. The largest absolute Gasteiger partial charge is 0.394 e. The molecular weight excluding hydrogens is 362 g/mol. The van der Waals surface area contributed by atoms with Gasteiger partial charge in [0.2, 0.25) is 0 Å². The van der Waals surface area contributed by atoms with Crippen molar-refractivity contribution in [3.05, 3.63) is 47.9 Å². The molecule has 3 heterocycles. The summed E-state index contributed by atoms with van der Waals surface area (Å²) < 4.78 is 7.16. The Hall–Kier alpha value is -2.46. The van der Waals surface area contributed by atoms with Crippen LogP contribution in [0.25, 0.3) is 0 Å². The molecule has 0 amide bonds. The second-order valence-electron chi connectivity index (χ2n) is 7.61. The second-order valence-corrected chi connectivity index (χ2v) is 7.61. The van der Waals surface area contributed by atoms with E-state index < -0.39 is 36.7 Å². The highest BCUT2D eigenvalue weighted by Gasteiger charge is 2.45. The second kappa shape index (κ2) is 6.85. The Labute approximate surface area is 162 Å². The van der Waals surface area contributed by atoms with Gasteiger partial charge in [-0.2, -0.15) is 0 Å². The zero-order valence-corrected chi connectivity index (χ0v) is 15.8. The predicted molar refractivity (Wildman–Crippen MR) is 102 cm³/mol. The average Bonchev–Trinajstić information content (AvgIpc) is 3.24. The van der Waals surface area contributed by atoms with Crippen molar-refractivity contribution in [3.8, 4) is 0 Å². The molecule has 9 nitrogen and oxygen atoms in total. The summed E-state index contributed by atoms with van der Waals surface area (Å²) in [6, 6.07) is 9.96. The number of ether oxygens (including phenoxy) is 1. The third-order valence-electron chi connectivity index (χ3n) is 5.64. The zero-order chi connectivity index (χ0) is 20.1. The van der Waals surface area contributed by atoms with Crippen LogP contribution in [0, 0.1) is 5.41 Å². The van der Waals surface area contributed by atoms with Crippen LogP contribution in [0.15, 0.2) is 36.7 Å². The van der Waals surface area contributed by atoms with Crippen LogP contribution in [0.3, 0.4) is 0 Å². The fourth-order valence-electron chi connectivity index (χ4n) is 3.85. The number of hydrogen-bond donors (Lipinski definition) is 5. The van der Waals surface area contributed by atoms with E-state index in [1.165, 1.54) is 6.33 Å². The van der Waals surface area contributed by atoms with E-state index in [0.29, 0.717) is 18.2 Å². The summed E-state index contributed by atoms with van der Waals surface area (Å²) in [6.45, 7) is 4.07. The topological polar surface area (TPSA) is 127 Å². The predicted octanol–water partition coefficient (Wildman–Crippen LogP) is 0.440. The maximum Gasteiger partial charge on any atom is 0.165 e. The molecule has 0 bridgehead atoms. The third-order valence-corrected chi connectivity index (χ3v) is 5.64. The van der Waals surface area contributed by atoms with Crippen LogP contribution in [-0.2, 0) is 10.3 Å². The van der Waals surface area contributed by atoms with E-state index in [1.54, 1.807) is 4.57 Å². The van der Waals surface area contributed by atoms with Gasteiger partial charge in [0, 0.05) is 0 Å². The van der Waals surface area contributed by atoms with Crippen LogP contribution in [0.2, 0.25) is 0 Å². The molecule has 0 spiro atoms. The van der Waals surface area contributed by atoms with Crippen LogP contribution in [0.1, 0.15) is 31.3 Å². The molecule has 2 aliphatic heterocycles. The number of rotatable bonds is 4. The van der Waals surface area contributed by atoms with Gasteiger partial charge < -0.3 is 30.3 Å². The number of imidazole rings is 1. The van der Waals surface area contributed by atoms with Crippen molar-refractivity contribution in [2.45, 2.75) is 43.9 Å². The lowest BCUT2D eigenvalue weighted by atomic mass is 9.91. The van der Waals surface area contributed by atoms with E-state index in [9.17, 15) is 15.3 Å². The minimum atomic E-state index is -1.20. The molecule has 0 radical (unpaired) electrons. The monoisotopic (exact) mass is 387 g/mol. The minimum Gasteiger partial charge on any atom is -0.394 e. The molecule has 0 unspecified atom stereocenters. The Bertz CT molecular complexity index is 868. The Kier molecular flexibility index (Phi) is 4.62. The number of nitrogens with zero attached hydrogens (tertiary/aromatic N) is 3. The molecule has 2 aromatic rings. The summed E-state index contributed by atoms with van der Waals surface area (Å²) in [5, 5.41) is 41.6. The Morgan fingerprint density at radius 2 is 1.96 bits per heavy atom. The highest BCUT2D eigenvalue weighted by atomic mass is 16.6. The molecule has 4 atom stereocenters. The molecule has 28 heavy (non-hydrogen) atoms. The van der Waals surface area contributed by atoms with E-state index >= 15 is 0 Å². The Balaban J connectivity index is 1.63. The average molecular weight is 387 g/mol. The fourth-order valence-corrected chi connectivity index (χ4v) is 3.85. The first-order valence-electron chi connectivity index (χ1n) is 9.21. The molecule has 150 valence electrons. The number of benzene rings is 1. The van der Waals surface area contributed by atoms with Gasteiger partial charge in [0.1, 0.15) is 29.8 Å². The molecule has 1 saturated heterocycles. The maximum absolute atomic E-state index is 10.3. The lowest BCUT2D eigenvalue weighted by molar-refractivity contribution is -0.0519. The van der Waals surface area contributed by atoms with Gasteiger partial charge in [-0.1, -0.05) is 30.3 Å². The molecule has 5 N–H and O–H groups in total. The van der Waals surface area contributed by atoms with Gasteiger partial charge in [-0.25, -0.2) is 4.98 Å². The number of aromatic nitrogens is 2. The summed E-state index contributed by atoms with van der Waals surface area (Å²) in [5.74, 6) is 0.799. The maximum atomic E-state index is 10.3. The van der Waals surface area contributed by atoms with E-state index in [-0.39, 0.29) is 5.84 Å². The van der Waals surface area contributed by atoms with E-state index in [4.69, 9.17) is 10.1 Å². The highest BCUT2D eigenvalue weighted by molar-refractivity contribution is 6.01. The first-order chi connectivity index (χ1) is 13.4. The number of hydrogen-bond acceptors (Lipinski definition) is 7. The summed E-state index contributed by atoms with van der Waals surface area (Å²) in [6.07, 6.45) is -2.67. The van der Waals surface area contributed by atoms with Crippen molar-refractivity contribution >= 4 is 11.7 Å². The van der Waals surface area contributed by atoms with Crippen molar-refractivity contribution in [3.63, 3.8) is 0 Å². The van der Waals surface area contributed by atoms with Crippen molar-refractivity contribution in [2.24, 2.45) is 0 Å². The highest BCUT2D eigenvalue weighted by Crippen LogP contribution is 2.37. The van der Waals surface area contributed by atoms with Crippen LogP contribution in [0.4, 0.5) is 5.82 Å². The van der Waals surface area contributed by atoms with E-state index in [1.807, 2.05) is 49.1 Å². The van der Waals surface area contributed by atoms with E-state index in [2.05, 4.69) is 10.3 Å². The minimum absolute atomic E-state index is 0.257. The first-order valence-corrected chi connectivity index (χ1v) is 9.21. The van der Waals surface area contributed by atoms with Crippen LogP contribution >= 0.6 is 0 Å². The number of aliphatic hydroxyl groups is 3. The van der Waals surface area contributed by atoms with Gasteiger partial charge in [0.05, 0.1) is 25.1 Å². The zero-order valence-electron chi connectivity index (χ0n) is 15.8. The molecular formula is C19H25N5O4. The van der Waals surface area contributed by atoms with Crippen LogP contribution < -0.4 is 5.32 Å². The third kappa shape index (κ3) is 2.78. The SMILES string of the molecule is CC(C)(c1ccccc1)N1CNc2c(ncn2[C@@H]2O[C@H](CO)[C@@H](O)[C@H]2O)C1=N. The van der Waals surface area contributed by atoms with Crippen LogP contribution in [0.5, 0.6) is 0 Å². The number of anilines is 1. The lowest BCUT2D eigenvalue weighted by Crippen LogP contribution is -2.51. The summed E-state index contributed by atoms with van der Waals surface area (Å²) in [7, 11) is 0. The van der Waals surface area contributed by atoms with Crippen molar-refractivity contribution in [2.75, 3.05) is 18.6 Å². The molecule has 4 rings (SSSR count). The van der Waals surface area contributed by atoms with Gasteiger partial charge >= 0.3 is 0 Å². The Morgan fingerprint density at radius 1 is 1.25 bits per heavy atom. The standard InChI is InChI=1S/C19H25N5O4/c1-19(2,11-6-4-3-5-7-11)24-10-22-17-13(16(24)20)21-9-23(17)18-15(27)14(26)12(8-25)28-18/h3-7,9,12,14-15,18,20,22,25-27H,8,10H2,1-2H3/t12-,14-,15-,18-/m1/s1. The fraction of sp³-hybridized carbons (Fsp3) is 0.474. The molecule has 1 aromatic carbocycles. The summed E-state index contributed by atoms with van der Waals surface area (Å²) in [5.41, 5.74) is 1.08. The molecule has 1 aromatic heterocycles. The van der Waals surface area contributed by atoms with Gasteiger partial charge in [-0.05, 0) is 19.4 Å². The van der Waals surface area contributed by atoms with Crippen LogP contribution in [-0.4, -0.2) is 67.2 Å². The molecule has 9 heteroatoms. The van der Waals surface area contributed by atoms with Crippen molar-refractivity contribution < 1.29 is 20.1 Å². The van der Waals surface area contributed by atoms with E-state index in [0.717, 1.165) is 5.56 Å². The first kappa shape index (κ1) is 18.9. The number of fused-ring (bicyclic) bond motifs is 1. The summed E-state index contributed by atoms with van der Waals surface area (Å²) >= 11 is 0. The van der Waals surface area contributed by atoms with Crippen molar-refractivity contribution in [1.29, 1.82) is 5.41 Å². The Morgan fingerprint density at radius 3 is 2.61 bits per heavy atom.